The molecule has 0 aliphatic heterocycles. The molecule has 2 nitrogen and oxygen atoms in total. The van der Waals surface area contributed by atoms with E-state index in [9.17, 15) is 4.39 Å². The molecule has 0 spiro atoms. The molecule has 0 aliphatic carbocycles. The van der Waals surface area contributed by atoms with Crippen LogP contribution in [0.5, 0.6) is 0 Å². The minimum atomic E-state index is -0.220. The van der Waals surface area contributed by atoms with Gasteiger partial charge in [0.1, 0.15) is 5.82 Å². The first-order valence-corrected chi connectivity index (χ1v) is 5.96. The zero-order chi connectivity index (χ0) is 13.0. The third-order valence-corrected chi connectivity index (χ3v) is 2.99. The molecular formula is C15H17FN2. The molecule has 0 aromatic heterocycles. The van der Waals surface area contributed by atoms with Gasteiger partial charge in [0.05, 0.1) is 6.04 Å². The lowest BCUT2D eigenvalue weighted by Gasteiger charge is -2.18. The van der Waals surface area contributed by atoms with Gasteiger partial charge in [-0.2, -0.15) is 0 Å². The summed E-state index contributed by atoms with van der Waals surface area (Å²) in [6.45, 7) is 0.507. The van der Waals surface area contributed by atoms with Gasteiger partial charge in [0.2, 0.25) is 0 Å². The van der Waals surface area contributed by atoms with E-state index in [4.69, 9.17) is 5.73 Å². The number of rotatable bonds is 4. The summed E-state index contributed by atoms with van der Waals surface area (Å²) in [5, 5.41) is 3.21. The van der Waals surface area contributed by atoms with Gasteiger partial charge < -0.3 is 11.1 Å². The second-order valence-corrected chi connectivity index (χ2v) is 4.23. The molecular weight excluding hydrogens is 227 g/mol. The van der Waals surface area contributed by atoms with Crippen LogP contribution >= 0.6 is 0 Å². The average Bonchev–Trinajstić information content (AvgIpc) is 2.40. The van der Waals surface area contributed by atoms with Crippen LogP contribution in [0.2, 0.25) is 0 Å². The Morgan fingerprint density at radius 1 is 1.11 bits per heavy atom. The van der Waals surface area contributed by atoms with E-state index in [0.29, 0.717) is 6.54 Å². The standard InChI is InChI=1S/C15H17FN2/c1-18-15(13-6-3-7-14(16)9-13)12-5-2-4-11(8-12)10-17/h2-9,15,18H,10,17H2,1H3. The summed E-state index contributed by atoms with van der Waals surface area (Å²) in [5.41, 5.74) is 8.71. The Hall–Kier alpha value is -1.71. The van der Waals surface area contributed by atoms with E-state index in [-0.39, 0.29) is 11.9 Å². The highest BCUT2D eigenvalue weighted by molar-refractivity contribution is 5.34. The van der Waals surface area contributed by atoms with Gasteiger partial charge in [0.25, 0.3) is 0 Å². The van der Waals surface area contributed by atoms with Crippen LogP contribution in [0.4, 0.5) is 4.39 Å². The lowest BCUT2D eigenvalue weighted by molar-refractivity contribution is 0.616. The van der Waals surface area contributed by atoms with Gasteiger partial charge in [-0.1, -0.05) is 36.4 Å². The molecule has 3 heteroatoms. The van der Waals surface area contributed by atoms with E-state index in [1.807, 2.05) is 37.4 Å². The van der Waals surface area contributed by atoms with E-state index < -0.39 is 0 Å². The molecule has 2 rings (SSSR count). The first-order chi connectivity index (χ1) is 8.74. The minimum Gasteiger partial charge on any atom is -0.326 e. The molecule has 2 aromatic carbocycles. The van der Waals surface area contributed by atoms with Crippen molar-refractivity contribution >= 4 is 0 Å². The molecule has 94 valence electrons. The predicted octanol–water partition coefficient (Wildman–Crippen LogP) is 2.59. The van der Waals surface area contributed by atoms with Crippen LogP contribution in [0.1, 0.15) is 22.7 Å². The lowest BCUT2D eigenvalue weighted by atomic mass is 9.97. The second-order valence-electron chi connectivity index (χ2n) is 4.23. The van der Waals surface area contributed by atoms with Gasteiger partial charge in [-0.3, -0.25) is 0 Å². The summed E-state index contributed by atoms with van der Waals surface area (Å²) in [4.78, 5) is 0. The zero-order valence-corrected chi connectivity index (χ0v) is 10.4. The second kappa shape index (κ2) is 5.76. The number of halogens is 1. The maximum absolute atomic E-state index is 13.3. The van der Waals surface area contributed by atoms with Crippen molar-refractivity contribution in [3.63, 3.8) is 0 Å². The highest BCUT2D eigenvalue weighted by atomic mass is 19.1. The minimum absolute atomic E-state index is 0.0211. The molecule has 0 fully saturated rings. The van der Waals surface area contributed by atoms with Crippen LogP contribution in [0.15, 0.2) is 48.5 Å². The van der Waals surface area contributed by atoms with Crippen LogP contribution < -0.4 is 11.1 Å². The quantitative estimate of drug-likeness (QED) is 0.867. The van der Waals surface area contributed by atoms with Gasteiger partial charge >= 0.3 is 0 Å². The Labute approximate surface area is 107 Å². The molecule has 1 unspecified atom stereocenters. The largest absolute Gasteiger partial charge is 0.326 e. The molecule has 18 heavy (non-hydrogen) atoms. The summed E-state index contributed by atoms with van der Waals surface area (Å²) in [6.07, 6.45) is 0. The molecule has 2 aromatic rings. The monoisotopic (exact) mass is 244 g/mol. The van der Waals surface area contributed by atoms with Crippen LogP contribution in [0, 0.1) is 5.82 Å². The molecule has 0 aliphatic rings. The summed E-state index contributed by atoms with van der Waals surface area (Å²) in [5.74, 6) is -0.220. The smallest absolute Gasteiger partial charge is 0.123 e. The van der Waals surface area contributed by atoms with Crippen molar-refractivity contribution in [2.24, 2.45) is 5.73 Å². The third-order valence-electron chi connectivity index (χ3n) is 2.99. The Bertz CT molecular complexity index is 525. The number of hydrogen-bond acceptors (Lipinski definition) is 2. The number of nitrogens with one attached hydrogen (secondary N) is 1. The van der Waals surface area contributed by atoms with E-state index >= 15 is 0 Å². The van der Waals surface area contributed by atoms with Gasteiger partial charge in [-0.05, 0) is 35.9 Å². The Morgan fingerprint density at radius 3 is 2.39 bits per heavy atom. The molecule has 0 radical (unpaired) electrons. The summed E-state index contributed by atoms with van der Waals surface area (Å²) in [7, 11) is 1.87. The van der Waals surface area contributed by atoms with E-state index in [0.717, 1.165) is 16.7 Å². The molecule has 0 amide bonds. The first kappa shape index (κ1) is 12.7. The predicted molar refractivity (Wildman–Crippen MR) is 71.6 cm³/mol. The van der Waals surface area contributed by atoms with Gasteiger partial charge in [-0.25, -0.2) is 4.39 Å². The van der Waals surface area contributed by atoms with E-state index in [1.54, 1.807) is 12.1 Å². The summed E-state index contributed by atoms with van der Waals surface area (Å²) in [6, 6.07) is 14.6. The highest BCUT2D eigenvalue weighted by Crippen LogP contribution is 2.23. The van der Waals surface area contributed by atoms with Crippen molar-refractivity contribution in [1.82, 2.24) is 5.32 Å². The van der Waals surface area contributed by atoms with Crippen LogP contribution in [0.25, 0.3) is 0 Å². The van der Waals surface area contributed by atoms with Crippen LogP contribution in [0.3, 0.4) is 0 Å². The summed E-state index contributed by atoms with van der Waals surface area (Å²) < 4.78 is 13.3. The normalized spacial score (nSPS) is 12.4. The Morgan fingerprint density at radius 2 is 1.78 bits per heavy atom. The topological polar surface area (TPSA) is 38.0 Å². The maximum Gasteiger partial charge on any atom is 0.123 e. The maximum atomic E-state index is 13.3. The zero-order valence-electron chi connectivity index (χ0n) is 10.4. The van der Waals surface area contributed by atoms with Gasteiger partial charge in [0.15, 0.2) is 0 Å². The average molecular weight is 244 g/mol. The first-order valence-electron chi connectivity index (χ1n) is 5.96. The molecule has 1 atom stereocenters. The van der Waals surface area contributed by atoms with Crippen molar-refractivity contribution in [3.05, 3.63) is 71.0 Å². The summed E-state index contributed by atoms with van der Waals surface area (Å²) >= 11 is 0. The van der Waals surface area contributed by atoms with E-state index in [1.165, 1.54) is 6.07 Å². The molecule has 3 N–H and O–H groups in total. The van der Waals surface area contributed by atoms with Crippen molar-refractivity contribution in [1.29, 1.82) is 0 Å². The highest BCUT2D eigenvalue weighted by Gasteiger charge is 2.12. The van der Waals surface area contributed by atoms with Crippen molar-refractivity contribution < 1.29 is 4.39 Å². The van der Waals surface area contributed by atoms with Crippen molar-refractivity contribution in [3.8, 4) is 0 Å². The Balaban J connectivity index is 2.38. The van der Waals surface area contributed by atoms with Crippen LogP contribution in [-0.4, -0.2) is 7.05 Å². The van der Waals surface area contributed by atoms with Gasteiger partial charge in [0, 0.05) is 6.54 Å². The Kier molecular flexibility index (Phi) is 4.07. The fourth-order valence-corrected chi connectivity index (χ4v) is 2.11. The molecule has 0 saturated heterocycles. The molecule has 0 bridgehead atoms. The fraction of sp³-hybridized carbons (Fsp3) is 0.200. The lowest BCUT2D eigenvalue weighted by Crippen LogP contribution is -2.18. The van der Waals surface area contributed by atoms with Crippen molar-refractivity contribution in [2.75, 3.05) is 7.05 Å². The molecule has 0 saturated carbocycles. The van der Waals surface area contributed by atoms with Crippen LogP contribution in [-0.2, 0) is 6.54 Å². The number of hydrogen-bond donors (Lipinski definition) is 2. The number of nitrogens with two attached hydrogens (primary N) is 1. The van der Waals surface area contributed by atoms with Crippen molar-refractivity contribution in [2.45, 2.75) is 12.6 Å². The van der Waals surface area contributed by atoms with E-state index in [2.05, 4.69) is 5.32 Å². The third kappa shape index (κ3) is 2.75. The van der Waals surface area contributed by atoms with Gasteiger partial charge in [-0.15, -0.1) is 0 Å². The SMILES string of the molecule is CNC(c1cccc(F)c1)c1cccc(CN)c1. The fourth-order valence-electron chi connectivity index (χ4n) is 2.11. The number of benzene rings is 2. The molecule has 0 heterocycles.